The molecule has 0 bridgehead atoms. The van der Waals surface area contributed by atoms with Crippen LogP contribution in [0.5, 0.6) is 0 Å². The van der Waals surface area contributed by atoms with Gasteiger partial charge in [-0.3, -0.25) is 0 Å². The molecule has 1 unspecified atom stereocenters. The Kier molecular flexibility index (Phi) is 35.0. The molecule has 1 atom stereocenters. The molecule has 154 valence electrons. The molecule has 0 fully saturated rings. The molecule has 0 aliphatic rings. The molecule has 0 saturated carbocycles. The summed E-state index contributed by atoms with van der Waals surface area (Å²) in [5, 5.41) is 17.8. The van der Waals surface area contributed by atoms with Gasteiger partial charge in [0, 0.05) is 11.9 Å². The SMILES string of the molecule is CC(=O)[O-].CC(=O)[O-].P.[Pd+2].[c-]1ccccc1.[c-]1ccccc1.[c-]1ccccc1. The van der Waals surface area contributed by atoms with Crippen molar-refractivity contribution in [1.29, 1.82) is 0 Å². The van der Waals surface area contributed by atoms with Crippen LogP contribution in [0.1, 0.15) is 13.8 Å². The van der Waals surface area contributed by atoms with Gasteiger partial charge in [0.05, 0.1) is 0 Å². The standard InChI is InChI=1S/3C6H5.2C2H4O2.H3P.Pd/c3*1-2-4-6-5-3-1;2*1-2(3)4;;/h3*1-5H;2*1H3,(H,3,4);1H3;/q3*-1;;;;+2/p-2. The zero-order valence-electron chi connectivity index (χ0n) is 15.8. The summed E-state index contributed by atoms with van der Waals surface area (Å²) in [4.78, 5) is 17.8. The van der Waals surface area contributed by atoms with Crippen LogP contribution in [-0.2, 0) is 30.0 Å². The van der Waals surface area contributed by atoms with Crippen LogP contribution >= 0.6 is 9.90 Å². The molecule has 4 nitrogen and oxygen atoms in total. The van der Waals surface area contributed by atoms with E-state index in [0.29, 0.717) is 0 Å². The predicted molar refractivity (Wildman–Crippen MR) is 108 cm³/mol. The van der Waals surface area contributed by atoms with Crippen molar-refractivity contribution in [2.24, 2.45) is 0 Å². The maximum atomic E-state index is 8.89. The van der Waals surface area contributed by atoms with Crippen molar-refractivity contribution in [1.82, 2.24) is 0 Å². The average Bonchev–Trinajstić information content (AvgIpc) is 2.66. The fourth-order valence-corrected chi connectivity index (χ4v) is 1.03. The van der Waals surface area contributed by atoms with Crippen LogP contribution < -0.4 is 10.2 Å². The third-order valence-corrected chi connectivity index (χ3v) is 1.82. The number of rotatable bonds is 0. The third kappa shape index (κ3) is 49.5. The maximum absolute atomic E-state index is 8.89. The quantitative estimate of drug-likeness (QED) is 0.275. The minimum atomic E-state index is -1.08. The Hall–Kier alpha value is -2.31. The van der Waals surface area contributed by atoms with Crippen molar-refractivity contribution in [3.8, 4) is 0 Å². The summed E-state index contributed by atoms with van der Waals surface area (Å²) in [6, 6.07) is 37.5. The van der Waals surface area contributed by atoms with Crippen LogP contribution in [0, 0.1) is 18.2 Å². The van der Waals surface area contributed by atoms with E-state index in [2.05, 4.69) is 18.2 Å². The van der Waals surface area contributed by atoms with E-state index in [1.165, 1.54) is 0 Å². The van der Waals surface area contributed by atoms with Crippen molar-refractivity contribution < 1.29 is 40.2 Å². The van der Waals surface area contributed by atoms with Crippen molar-refractivity contribution in [2.45, 2.75) is 13.8 Å². The number of carbonyl (C=O) groups excluding carboxylic acids is 2. The molecule has 0 aromatic heterocycles. The van der Waals surface area contributed by atoms with Crippen LogP contribution in [0.25, 0.3) is 0 Å². The molecule has 0 amide bonds. The summed E-state index contributed by atoms with van der Waals surface area (Å²) < 4.78 is 0. The first-order valence-corrected chi connectivity index (χ1v) is 7.55. The second-order valence-corrected chi connectivity index (χ2v) is 4.22. The van der Waals surface area contributed by atoms with Crippen molar-refractivity contribution in [2.75, 3.05) is 0 Å². The van der Waals surface area contributed by atoms with E-state index in [0.717, 1.165) is 13.8 Å². The van der Waals surface area contributed by atoms with Crippen LogP contribution in [0.4, 0.5) is 0 Å². The Morgan fingerprint density at radius 1 is 0.536 bits per heavy atom. The van der Waals surface area contributed by atoms with E-state index < -0.39 is 11.9 Å². The fourth-order valence-electron chi connectivity index (χ4n) is 1.03. The Balaban J connectivity index is -0.000000128. The molecule has 0 saturated heterocycles. The number of aliphatic carboxylic acids is 2. The van der Waals surface area contributed by atoms with Crippen LogP contribution in [0.15, 0.2) is 91.0 Å². The molecule has 0 aliphatic carbocycles. The van der Waals surface area contributed by atoms with Crippen molar-refractivity contribution in [3.05, 3.63) is 109 Å². The number of benzene rings is 3. The van der Waals surface area contributed by atoms with Gasteiger partial charge in [0.1, 0.15) is 0 Å². The van der Waals surface area contributed by atoms with E-state index >= 15 is 0 Å². The third-order valence-electron chi connectivity index (χ3n) is 1.82. The molecule has 3 aromatic carbocycles. The second-order valence-electron chi connectivity index (χ2n) is 4.22. The van der Waals surface area contributed by atoms with E-state index in [1.807, 2.05) is 91.0 Å². The molecule has 0 spiro atoms. The Morgan fingerprint density at radius 3 is 0.714 bits per heavy atom. The van der Waals surface area contributed by atoms with Crippen LogP contribution in [0.2, 0.25) is 0 Å². The molecule has 6 heteroatoms. The Morgan fingerprint density at radius 2 is 0.679 bits per heavy atom. The number of carbonyl (C=O) groups is 2. The van der Waals surface area contributed by atoms with E-state index in [-0.39, 0.29) is 30.3 Å². The number of carboxylic acid groups (broad SMARTS) is 2. The number of hydrogen-bond donors (Lipinski definition) is 0. The van der Waals surface area contributed by atoms with E-state index in [4.69, 9.17) is 19.8 Å². The Labute approximate surface area is 184 Å². The van der Waals surface area contributed by atoms with Gasteiger partial charge < -0.3 is 19.8 Å². The fraction of sp³-hybridized carbons (Fsp3) is 0.0909. The number of carboxylic acids is 2. The van der Waals surface area contributed by atoms with Crippen molar-refractivity contribution in [3.63, 3.8) is 0 Å². The second kappa shape index (κ2) is 29.5. The first-order valence-electron chi connectivity index (χ1n) is 7.55. The molecular weight excluding hydrogens is 466 g/mol. The molecular formula is C22H24O4PPd-3. The minimum absolute atomic E-state index is 0. The summed E-state index contributed by atoms with van der Waals surface area (Å²) in [5.74, 6) is -2.17. The number of hydrogen-bond acceptors (Lipinski definition) is 4. The first-order chi connectivity index (χ1) is 12.5. The van der Waals surface area contributed by atoms with E-state index in [9.17, 15) is 0 Å². The topological polar surface area (TPSA) is 80.3 Å². The first kappa shape index (κ1) is 33.3. The monoisotopic (exact) mass is 489 g/mol. The zero-order valence-corrected chi connectivity index (χ0v) is 18.8. The van der Waals surface area contributed by atoms with E-state index in [1.54, 1.807) is 0 Å². The van der Waals surface area contributed by atoms with Crippen LogP contribution in [-0.4, -0.2) is 11.9 Å². The molecule has 0 N–H and O–H groups in total. The largest absolute Gasteiger partial charge is 2.00 e. The van der Waals surface area contributed by atoms with Gasteiger partial charge in [0.2, 0.25) is 0 Å². The van der Waals surface area contributed by atoms with Gasteiger partial charge in [-0.15, -0.1) is 0 Å². The molecule has 28 heavy (non-hydrogen) atoms. The molecule has 3 rings (SSSR count). The predicted octanol–water partition coefficient (Wildman–Crippen LogP) is 2.03. The molecule has 3 aromatic rings. The van der Waals surface area contributed by atoms with Gasteiger partial charge in [-0.25, -0.2) is 0 Å². The average molecular weight is 490 g/mol. The summed E-state index contributed by atoms with van der Waals surface area (Å²) in [5.41, 5.74) is 0. The van der Waals surface area contributed by atoms with Gasteiger partial charge >= 0.3 is 20.4 Å². The summed E-state index contributed by atoms with van der Waals surface area (Å²) in [6.07, 6.45) is 0. The molecule has 0 heterocycles. The summed E-state index contributed by atoms with van der Waals surface area (Å²) >= 11 is 0. The normalized spacial score (nSPS) is 6.93. The summed E-state index contributed by atoms with van der Waals surface area (Å²) in [6.45, 7) is 1.94. The summed E-state index contributed by atoms with van der Waals surface area (Å²) in [7, 11) is 0. The van der Waals surface area contributed by atoms with Gasteiger partial charge in [0.25, 0.3) is 0 Å². The molecule has 0 aliphatic heterocycles. The maximum Gasteiger partial charge on any atom is 2.00 e. The van der Waals surface area contributed by atoms with Gasteiger partial charge in [-0.1, -0.05) is 0 Å². The van der Waals surface area contributed by atoms with Crippen molar-refractivity contribution >= 4 is 21.8 Å². The van der Waals surface area contributed by atoms with Gasteiger partial charge in [-0.05, 0) is 13.8 Å². The van der Waals surface area contributed by atoms with Crippen LogP contribution in [0.3, 0.4) is 0 Å². The van der Waals surface area contributed by atoms with Gasteiger partial charge in [-0.2, -0.15) is 119 Å². The smallest absolute Gasteiger partial charge is 0.550 e. The zero-order chi connectivity index (χ0) is 19.9. The van der Waals surface area contributed by atoms with Gasteiger partial charge in [0.15, 0.2) is 0 Å². The minimum Gasteiger partial charge on any atom is -0.550 e. The Bertz CT molecular complexity index is 463. The molecule has 0 radical (unpaired) electrons.